The number of amides is 1. The molecule has 0 aliphatic rings. The lowest BCUT2D eigenvalue weighted by Crippen LogP contribution is -2.34. The number of nitrogens with zero attached hydrogens (tertiary/aromatic N) is 1. The molecule has 0 unspecified atom stereocenters. The topological polar surface area (TPSA) is 46.3 Å². The zero-order valence-electron chi connectivity index (χ0n) is 12.8. The molecule has 3 nitrogen and oxygen atoms in total. The van der Waals surface area contributed by atoms with Crippen LogP contribution in [0.15, 0.2) is 30.3 Å². The van der Waals surface area contributed by atoms with E-state index in [0.29, 0.717) is 18.8 Å². The van der Waals surface area contributed by atoms with Gasteiger partial charge in [-0.05, 0) is 18.5 Å². The van der Waals surface area contributed by atoms with Crippen LogP contribution in [0.1, 0.15) is 32.8 Å². The SMILES string of the molecule is CC(C)(C)SCC(=O)N(CCCN)Cc1ccccc1. The second-order valence-corrected chi connectivity index (χ2v) is 7.65. The summed E-state index contributed by atoms with van der Waals surface area (Å²) in [5, 5.41) is 0. The Morgan fingerprint density at radius 2 is 1.90 bits per heavy atom. The van der Waals surface area contributed by atoms with Gasteiger partial charge in [0.15, 0.2) is 0 Å². The quantitative estimate of drug-likeness (QED) is 0.841. The maximum Gasteiger partial charge on any atom is 0.232 e. The molecule has 0 fully saturated rings. The highest BCUT2D eigenvalue weighted by Gasteiger charge is 2.18. The van der Waals surface area contributed by atoms with E-state index in [0.717, 1.165) is 13.0 Å². The van der Waals surface area contributed by atoms with Crippen LogP contribution in [0, 0.1) is 0 Å². The molecule has 1 amide bonds. The molecular weight excluding hydrogens is 268 g/mol. The Bertz CT molecular complexity index is 401. The van der Waals surface area contributed by atoms with E-state index in [-0.39, 0.29) is 10.7 Å². The average Bonchev–Trinajstić information content (AvgIpc) is 2.41. The van der Waals surface area contributed by atoms with Gasteiger partial charge in [-0.2, -0.15) is 0 Å². The third-order valence-electron chi connectivity index (χ3n) is 2.83. The van der Waals surface area contributed by atoms with Crippen molar-refractivity contribution in [3.63, 3.8) is 0 Å². The van der Waals surface area contributed by atoms with Gasteiger partial charge < -0.3 is 10.6 Å². The highest BCUT2D eigenvalue weighted by Crippen LogP contribution is 2.23. The van der Waals surface area contributed by atoms with Crippen molar-refractivity contribution in [1.29, 1.82) is 0 Å². The van der Waals surface area contributed by atoms with Crippen LogP contribution in [0.25, 0.3) is 0 Å². The fourth-order valence-electron chi connectivity index (χ4n) is 1.75. The summed E-state index contributed by atoms with van der Waals surface area (Å²) in [6.45, 7) is 8.41. The molecule has 1 aromatic carbocycles. The Morgan fingerprint density at radius 1 is 1.25 bits per heavy atom. The first-order chi connectivity index (χ1) is 9.42. The largest absolute Gasteiger partial charge is 0.338 e. The van der Waals surface area contributed by atoms with Gasteiger partial charge in [0.05, 0.1) is 5.75 Å². The minimum atomic E-state index is 0.113. The summed E-state index contributed by atoms with van der Waals surface area (Å²) < 4.78 is 0.113. The van der Waals surface area contributed by atoms with E-state index in [1.54, 1.807) is 11.8 Å². The summed E-state index contributed by atoms with van der Waals surface area (Å²) in [6, 6.07) is 10.1. The van der Waals surface area contributed by atoms with Crippen molar-refractivity contribution in [1.82, 2.24) is 4.90 Å². The van der Waals surface area contributed by atoms with Crippen molar-refractivity contribution in [3.8, 4) is 0 Å². The fourth-order valence-corrected chi connectivity index (χ4v) is 2.49. The summed E-state index contributed by atoms with van der Waals surface area (Å²) in [5.41, 5.74) is 6.74. The third-order valence-corrected chi connectivity index (χ3v) is 4.09. The maximum atomic E-state index is 12.4. The van der Waals surface area contributed by atoms with Gasteiger partial charge in [-0.25, -0.2) is 0 Å². The molecule has 0 saturated carbocycles. The first-order valence-corrected chi connectivity index (χ1v) is 8.06. The van der Waals surface area contributed by atoms with E-state index in [4.69, 9.17) is 5.73 Å². The van der Waals surface area contributed by atoms with Gasteiger partial charge in [-0.3, -0.25) is 4.79 Å². The highest BCUT2D eigenvalue weighted by atomic mass is 32.2. The van der Waals surface area contributed by atoms with Crippen molar-refractivity contribution in [3.05, 3.63) is 35.9 Å². The van der Waals surface area contributed by atoms with Crippen LogP contribution in [-0.4, -0.2) is 34.4 Å². The monoisotopic (exact) mass is 294 g/mol. The number of rotatable bonds is 7. The molecule has 0 atom stereocenters. The predicted molar refractivity (Wildman–Crippen MR) is 87.7 cm³/mol. The number of carbonyl (C=O) groups is 1. The molecule has 2 N–H and O–H groups in total. The molecule has 0 aromatic heterocycles. The van der Waals surface area contributed by atoms with Gasteiger partial charge in [0, 0.05) is 17.8 Å². The normalized spacial score (nSPS) is 11.4. The number of nitrogens with two attached hydrogens (primary N) is 1. The van der Waals surface area contributed by atoms with E-state index < -0.39 is 0 Å². The molecule has 0 radical (unpaired) electrons. The fraction of sp³-hybridized carbons (Fsp3) is 0.562. The van der Waals surface area contributed by atoms with E-state index in [9.17, 15) is 4.79 Å². The van der Waals surface area contributed by atoms with Crippen LogP contribution in [0.2, 0.25) is 0 Å². The Hall–Kier alpha value is -1.00. The molecule has 0 aliphatic carbocycles. The van der Waals surface area contributed by atoms with Crippen LogP contribution in [0.3, 0.4) is 0 Å². The smallest absolute Gasteiger partial charge is 0.232 e. The number of hydrogen-bond donors (Lipinski definition) is 1. The molecule has 1 rings (SSSR count). The zero-order chi connectivity index (χ0) is 15.0. The van der Waals surface area contributed by atoms with Crippen LogP contribution in [-0.2, 0) is 11.3 Å². The number of thioether (sulfide) groups is 1. The third kappa shape index (κ3) is 6.96. The zero-order valence-corrected chi connectivity index (χ0v) is 13.6. The van der Waals surface area contributed by atoms with Gasteiger partial charge in [0.2, 0.25) is 5.91 Å². The van der Waals surface area contributed by atoms with Crippen LogP contribution >= 0.6 is 11.8 Å². The molecule has 20 heavy (non-hydrogen) atoms. The molecule has 0 bridgehead atoms. The predicted octanol–water partition coefficient (Wildman–Crippen LogP) is 2.90. The summed E-state index contributed by atoms with van der Waals surface area (Å²) in [5.74, 6) is 0.725. The number of benzene rings is 1. The van der Waals surface area contributed by atoms with Gasteiger partial charge in [-0.15, -0.1) is 11.8 Å². The molecule has 4 heteroatoms. The van der Waals surface area contributed by atoms with Gasteiger partial charge in [0.25, 0.3) is 0 Å². The average molecular weight is 294 g/mol. The Kier molecular flexibility index (Phi) is 7.10. The molecule has 112 valence electrons. The first kappa shape index (κ1) is 17.1. The lowest BCUT2D eigenvalue weighted by Gasteiger charge is -2.25. The van der Waals surface area contributed by atoms with Crippen LogP contribution in [0.4, 0.5) is 0 Å². The van der Waals surface area contributed by atoms with E-state index in [2.05, 4.69) is 32.9 Å². The summed E-state index contributed by atoms with van der Waals surface area (Å²) in [4.78, 5) is 14.3. The van der Waals surface area contributed by atoms with Crippen molar-refractivity contribution < 1.29 is 4.79 Å². The van der Waals surface area contributed by atoms with E-state index in [1.165, 1.54) is 5.56 Å². The summed E-state index contributed by atoms with van der Waals surface area (Å²) >= 11 is 1.69. The molecule has 0 heterocycles. The number of carbonyl (C=O) groups excluding carboxylic acids is 1. The van der Waals surface area contributed by atoms with Crippen LogP contribution < -0.4 is 5.73 Å². The van der Waals surface area contributed by atoms with Gasteiger partial charge in [0.1, 0.15) is 0 Å². The highest BCUT2D eigenvalue weighted by molar-refractivity contribution is 8.01. The van der Waals surface area contributed by atoms with Crippen molar-refractivity contribution in [2.24, 2.45) is 5.73 Å². The first-order valence-electron chi connectivity index (χ1n) is 7.08. The van der Waals surface area contributed by atoms with E-state index >= 15 is 0 Å². The molecular formula is C16H26N2OS. The Labute approximate surface area is 126 Å². The van der Waals surface area contributed by atoms with Crippen LogP contribution in [0.5, 0.6) is 0 Å². The summed E-state index contributed by atoms with van der Waals surface area (Å²) in [6.07, 6.45) is 0.846. The maximum absolute atomic E-state index is 12.4. The van der Waals surface area contributed by atoms with Crippen molar-refractivity contribution >= 4 is 17.7 Å². The minimum absolute atomic E-state index is 0.113. The second kappa shape index (κ2) is 8.32. The van der Waals surface area contributed by atoms with Crippen molar-refractivity contribution in [2.45, 2.75) is 38.5 Å². The lowest BCUT2D eigenvalue weighted by atomic mass is 10.2. The standard InChI is InChI=1S/C16H26N2OS/c1-16(2,3)20-13-15(19)18(11-7-10-17)12-14-8-5-4-6-9-14/h4-6,8-9H,7,10-13,17H2,1-3H3. The van der Waals surface area contributed by atoms with E-state index in [1.807, 2.05) is 23.1 Å². The van der Waals surface area contributed by atoms with Gasteiger partial charge in [-0.1, -0.05) is 51.1 Å². The lowest BCUT2D eigenvalue weighted by molar-refractivity contribution is -0.129. The van der Waals surface area contributed by atoms with Crippen molar-refractivity contribution in [2.75, 3.05) is 18.8 Å². The number of hydrogen-bond acceptors (Lipinski definition) is 3. The Balaban J connectivity index is 2.61. The van der Waals surface area contributed by atoms with Gasteiger partial charge >= 0.3 is 0 Å². The Morgan fingerprint density at radius 3 is 2.45 bits per heavy atom. The molecule has 0 spiro atoms. The summed E-state index contributed by atoms with van der Waals surface area (Å²) in [7, 11) is 0. The molecule has 0 saturated heterocycles. The minimum Gasteiger partial charge on any atom is -0.338 e. The molecule has 0 aliphatic heterocycles. The molecule has 1 aromatic rings. The second-order valence-electron chi connectivity index (χ2n) is 5.84.